The zero-order chi connectivity index (χ0) is 30.3. The van der Waals surface area contributed by atoms with Gasteiger partial charge in [-0.05, 0) is 60.6 Å². The van der Waals surface area contributed by atoms with E-state index in [2.05, 4.69) is 5.10 Å². The highest BCUT2D eigenvalue weighted by atomic mass is 19.3. The van der Waals surface area contributed by atoms with Gasteiger partial charge in [-0.1, -0.05) is 12.1 Å². The first-order valence-electron chi connectivity index (χ1n) is 12.8. The van der Waals surface area contributed by atoms with Crippen molar-refractivity contribution in [2.45, 2.75) is 84.0 Å². The average molecular weight is 567 g/mol. The van der Waals surface area contributed by atoms with Gasteiger partial charge in [-0.25, -0.2) is 23.4 Å². The molecular formula is C27H36F2N4O7. The monoisotopic (exact) mass is 566 g/mol. The van der Waals surface area contributed by atoms with Crippen LogP contribution in [0.25, 0.3) is 0 Å². The van der Waals surface area contributed by atoms with Crippen molar-refractivity contribution in [2.75, 3.05) is 20.1 Å². The minimum Gasteiger partial charge on any atom is -0.442 e. The number of alkyl halides is 2. The molecule has 1 aromatic rings. The summed E-state index contributed by atoms with van der Waals surface area (Å²) in [7, 11) is 1.37. The smallest absolute Gasteiger partial charge is 0.442 e. The highest BCUT2D eigenvalue weighted by molar-refractivity contribution is 6.24. The normalized spacial score (nSPS) is 21.1. The molecule has 0 aromatic heterocycles. The van der Waals surface area contributed by atoms with E-state index in [1.165, 1.54) is 43.1 Å². The predicted octanol–water partition coefficient (Wildman–Crippen LogP) is 4.60. The number of carbonyl (C=O) groups is 4. The van der Waals surface area contributed by atoms with Gasteiger partial charge in [0.1, 0.15) is 16.9 Å². The Kier molecular flexibility index (Phi) is 8.20. The number of likely N-dealkylation sites (N-methyl/N-ethyl adjacent to an activating group) is 1. The van der Waals surface area contributed by atoms with Crippen molar-refractivity contribution in [1.82, 2.24) is 15.0 Å². The van der Waals surface area contributed by atoms with Gasteiger partial charge in [0.15, 0.2) is 0 Å². The van der Waals surface area contributed by atoms with Gasteiger partial charge in [-0.3, -0.25) is 14.4 Å². The van der Waals surface area contributed by atoms with Gasteiger partial charge < -0.3 is 14.4 Å². The fourth-order valence-electron chi connectivity index (χ4n) is 4.18. The molecule has 40 heavy (non-hydrogen) atoms. The summed E-state index contributed by atoms with van der Waals surface area (Å²) in [4.78, 5) is 58.9. The average Bonchev–Trinajstić information content (AvgIpc) is 3.04. The number of hydroxylamine groups is 2. The molecule has 11 nitrogen and oxygen atoms in total. The molecule has 1 aromatic carbocycles. The number of nitrogens with zero attached hydrogens (tertiary/aromatic N) is 4. The Balaban J connectivity index is 1.95. The van der Waals surface area contributed by atoms with E-state index in [1.54, 1.807) is 41.5 Å². The second kappa shape index (κ2) is 10.7. The number of carbonyl (C=O) groups excluding carboxylic acids is 4. The molecule has 13 heteroatoms. The summed E-state index contributed by atoms with van der Waals surface area (Å²) in [6.07, 6.45) is -3.18. The number of piperidine rings is 1. The van der Waals surface area contributed by atoms with Gasteiger partial charge in [-0.2, -0.15) is 5.10 Å². The van der Waals surface area contributed by atoms with Gasteiger partial charge in [0.25, 0.3) is 17.7 Å². The molecule has 3 rings (SSSR count). The van der Waals surface area contributed by atoms with Gasteiger partial charge in [-0.15, -0.1) is 5.06 Å². The van der Waals surface area contributed by atoms with Gasteiger partial charge >= 0.3 is 12.2 Å². The van der Waals surface area contributed by atoms with Crippen molar-refractivity contribution in [3.05, 3.63) is 35.4 Å². The van der Waals surface area contributed by atoms with Crippen molar-refractivity contribution in [2.24, 2.45) is 5.10 Å². The van der Waals surface area contributed by atoms with Crippen LogP contribution in [0.3, 0.4) is 0 Å². The number of likely N-dealkylation sites (tertiary alicyclic amines) is 1. The van der Waals surface area contributed by atoms with Gasteiger partial charge in [0.2, 0.25) is 5.54 Å². The Morgan fingerprint density at radius 2 is 1.48 bits per heavy atom. The van der Waals surface area contributed by atoms with E-state index in [0.717, 1.165) is 5.01 Å². The molecule has 2 aliphatic heterocycles. The van der Waals surface area contributed by atoms with Crippen LogP contribution >= 0.6 is 0 Å². The molecule has 2 heterocycles. The number of rotatable bonds is 3. The van der Waals surface area contributed by atoms with Crippen LogP contribution in [-0.2, 0) is 19.1 Å². The van der Waals surface area contributed by atoms with Crippen LogP contribution in [0.5, 0.6) is 0 Å². The van der Waals surface area contributed by atoms with Crippen LogP contribution in [0, 0.1) is 0 Å². The van der Waals surface area contributed by atoms with Crippen LogP contribution in [0.15, 0.2) is 29.4 Å². The third kappa shape index (κ3) is 6.86. The lowest BCUT2D eigenvalue weighted by Gasteiger charge is -2.36. The topological polar surface area (TPSA) is 118 Å². The Hall–Kier alpha value is -3.77. The first-order valence-corrected chi connectivity index (χ1v) is 12.8. The zero-order valence-electron chi connectivity index (χ0n) is 24.0. The standard InChI is InChI=1S/C27H36F2N4O7/c1-24(2,3)38-22(36)33(40-23(37)39-25(4,5)6)26(7)19(30-31(8)21(26)35)17-9-11-18(12-10-17)20(34)32-15-13-27(28,29)14-16-32/h9-12H,13-16H2,1-8H3. The summed E-state index contributed by atoms with van der Waals surface area (Å²) in [5.41, 5.74) is -3.32. The fourth-order valence-corrected chi connectivity index (χ4v) is 4.18. The van der Waals surface area contributed by atoms with E-state index >= 15 is 0 Å². The lowest BCUT2D eigenvalue weighted by atomic mass is 9.89. The predicted molar refractivity (Wildman–Crippen MR) is 140 cm³/mol. The third-order valence-corrected chi connectivity index (χ3v) is 6.13. The summed E-state index contributed by atoms with van der Waals surface area (Å²) in [5.74, 6) is -3.90. The summed E-state index contributed by atoms with van der Waals surface area (Å²) < 4.78 is 37.7. The molecular weight excluding hydrogens is 530 g/mol. The second-order valence-electron chi connectivity index (χ2n) is 11.9. The third-order valence-electron chi connectivity index (χ3n) is 6.13. The summed E-state index contributed by atoms with van der Waals surface area (Å²) in [6, 6.07) is 5.97. The number of hydrogen-bond donors (Lipinski definition) is 0. The summed E-state index contributed by atoms with van der Waals surface area (Å²) in [5, 5.41) is 5.80. The molecule has 1 unspecified atom stereocenters. The van der Waals surface area contributed by atoms with Crippen molar-refractivity contribution >= 4 is 29.8 Å². The van der Waals surface area contributed by atoms with E-state index in [1.807, 2.05) is 0 Å². The zero-order valence-corrected chi connectivity index (χ0v) is 24.0. The fraction of sp³-hybridized carbons (Fsp3) is 0.593. The number of halogens is 2. The molecule has 0 aliphatic carbocycles. The maximum absolute atomic E-state index is 13.5. The molecule has 1 fully saturated rings. The molecule has 0 saturated carbocycles. The maximum atomic E-state index is 13.5. The van der Waals surface area contributed by atoms with E-state index in [9.17, 15) is 28.0 Å². The van der Waals surface area contributed by atoms with Crippen molar-refractivity contribution < 1.29 is 42.3 Å². The second-order valence-corrected chi connectivity index (χ2v) is 11.9. The van der Waals surface area contributed by atoms with Crippen LogP contribution < -0.4 is 0 Å². The molecule has 3 amide bonds. The molecule has 0 N–H and O–H groups in total. The lowest BCUT2D eigenvalue weighted by Crippen LogP contribution is -2.61. The highest BCUT2D eigenvalue weighted by Gasteiger charge is 2.57. The number of hydrazone groups is 1. The van der Waals surface area contributed by atoms with E-state index in [0.29, 0.717) is 10.6 Å². The molecule has 0 radical (unpaired) electrons. The maximum Gasteiger partial charge on any atom is 0.534 e. The van der Waals surface area contributed by atoms with Crippen LogP contribution in [0.2, 0.25) is 0 Å². The molecule has 0 spiro atoms. The first kappa shape index (κ1) is 30.8. The Morgan fingerprint density at radius 1 is 0.950 bits per heavy atom. The van der Waals surface area contributed by atoms with Crippen molar-refractivity contribution in [3.8, 4) is 0 Å². The number of amides is 3. The summed E-state index contributed by atoms with van der Waals surface area (Å²) in [6.45, 7) is 10.9. The Bertz CT molecular complexity index is 1190. The highest BCUT2D eigenvalue weighted by Crippen LogP contribution is 2.33. The Labute approximate surface area is 232 Å². The minimum absolute atomic E-state index is 0.0334. The van der Waals surface area contributed by atoms with Crippen LogP contribution in [0.1, 0.15) is 77.2 Å². The SMILES string of the molecule is CN1N=C(c2ccc(C(=O)N3CCC(F)(F)CC3)cc2)C(C)(N(OC(=O)OC(C)(C)C)C(=O)OC(C)(C)C)C1=O. The van der Waals surface area contributed by atoms with E-state index < -0.39 is 59.6 Å². The molecule has 2 aliphatic rings. The van der Waals surface area contributed by atoms with E-state index in [4.69, 9.17) is 14.3 Å². The molecule has 1 saturated heterocycles. The number of benzene rings is 1. The van der Waals surface area contributed by atoms with E-state index in [-0.39, 0.29) is 24.4 Å². The van der Waals surface area contributed by atoms with Gasteiger partial charge in [0, 0.05) is 44.1 Å². The molecule has 220 valence electrons. The van der Waals surface area contributed by atoms with Crippen molar-refractivity contribution in [1.29, 1.82) is 0 Å². The number of ether oxygens (including phenoxy) is 2. The Morgan fingerprint density at radius 3 is 1.98 bits per heavy atom. The first-order chi connectivity index (χ1) is 18.2. The largest absolute Gasteiger partial charge is 0.534 e. The number of hydrogen-bond acceptors (Lipinski definition) is 8. The summed E-state index contributed by atoms with van der Waals surface area (Å²) >= 11 is 0. The molecule has 0 bridgehead atoms. The van der Waals surface area contributed by atoms with Crippen LogP contribution in [-0.4, -0.2) is 87.5 Å². The van der Waals surface area contributed by atoms with Crippen molar-refractivity contribution in [3.63, 3.8) is 0 Å². The van der Waals surface area contributed by atoms with Crippen LogP contribution in [0.4, 0.5) is 18.4 Å². The lowest BCUT2D eigenvalue weighted by molar-refractivity contribution is -0.176. The quantitative estimate of drug-likeness (QED) is 0.388. The minimum atomic E-state index is -2.79. The van der Waals surface area contributed by atoms with Gasteiger partial charge in [0.05, 0.1) is 0 Å². The molecule has 1 atom stereocenters.